The fourth-order valence-electron chi connectivity index (χ4n) is 4.53. The number of carbonyl (C=O) groups is 2. The predicted octanol–water partition coefficient (Wildman–Crippen LogP) is 3.87. The molecule has 0 spiro atoms. The highest BCUT2D eigenvalue weighted by Gasteiger charge is 2.29. The topological polar surface area (TPSA) is 77.8 Å². The first-order chi connectivity index (χ1) is 15.2. The molecule has 2 saturated heterocycles. The van der Waals surface area contributed by atoms with Gasteiger partial charge in [-0.1, -0.05) is 24.6 Å². The van der Waals surface area contributed by atoms with Crippen LogP contribution in [0.3, 0.4) is 0 Å². The van der Waals surface area contributed by atoms with Gasteiger partial charge in [-0.3, -0.25) is 9.69 Å². The molecule has 4 rings (SSSR count). The van der Waals surface area contributed by atoms with E-state index in [1.807, 2.05) is 42.5 Å². The number of hydrogen-bond acceptors (Lipinski definition) is 4. The number of likely N-dealkylation sites (tertiary alicyclic amines) is 2. The summed E-state index contributed by atoms with van der Waals surface area (Å²) in [7, 11) is 0. The van der Waals surface area contributed by atoms with Gasteiger partial charge in [0.25, 0.3) is 0 Å². The number of carbonyl (C=O) groups excluding carboxylic acids is 2. The van der Waals surface area contributed by atoms with Gasteiger partial charge in [0.1, 0.15) is 5.76 Å². The molecule has 2 fully saturated rings. The molecule has 0 bridgehead atoms. The fraction of sp³-hybridized carbons (Fsp3) is 0.500. The van der Waals surface area contributed by atoms with Crippen molar-refractivity contribution in [2.45, 2.75) is 38.1 Å². The number of rotatable bonds is 6. The maximum atomic E-state index is 12.8. The maximum absolute atomic E-state index is 12.8. The molecule has 31 heavy (non-hydrogen) atoms. The normalized spacial score (nSPS) is 19.0. The van der Waals surface area contributed by atoms with Crippen molar-refractivity contribution in [1.29, 1.82) is 0 Å². The van der Waals surface area contributed by atoms with Crippen LogP contribution in [0.15, 0.2) is 53.1 Å². The number of anilines is 1. The molecule has 7 heteroatoms. The van der Waals surface area contributed by atoms with Gasteiger partial charge in [-0.15, -0.1) is 0 Å². The van der Waals surface area contributed by atoms with Gasteiger partial charge in [0.15, 0.2) is 0 Å². The van der Waals surface area contributed by atoms with Gasteiger partial charge in [-0.05, 0) is 63.0 Å². The Kier molecular flexibility index (Phi) is 7.25. The van der Waals surface area contributed by atoms with E-state index in [-0.39, 0.29) is 23.9 Å². The zero-order chi connectivity index (χ0) is 21.5. The number of benzene rings is 1. The van der Waals surface area contributed by atoms with E-state index in [0.717, 1.165) is 24.5 Å². The number of furan rings is 1. The summed E-state index contributed by atoms with van der Waals surface area (Å²) in [6.07, 6.45) is 6.71. The van der Waals surface area contributed by atoms with E-state index in [2.05, 4.69) is 15.5 Å². The van der Waals surface area contributed by atoms with Gasteiger partial charge in [-0.25, -0.2) is 4.79 Å². The molecular formula is C24H32N4O3. The summed E-state index contributed by atoms with van der Waals surface area (Å²) >= 11 is 0. The van der Waals surface area contributed by atoms with Crippen molar-refractivity contribution < 1.29 is 14.0 Å². The quantitative estimate of drug-likeness (QED) is 0.738. The van der Waals surface area contributed by atoms with Crippen LogP contribution >= 0.6 is 0 Å². The van der Waals surface area contributed by atoms with Crippen LogP contribution in [-0.4, -0.2) is 54.5 Å². The van der Waals surface area contributed by atoms with Crippen LogP contribution in [-0.2, 0) is 4.79 Å². The van der Waals surface area contributed by atoms with Crippen LogP contribution in [0.4, 0.5) is 10.5 Å². The number of para-hydroxylation sites is 1. The second-order valence-corrected chi connectivity index (χ2v) is 8.43. The van der Waals surface area contributed by atoms with Gasteiger partial charge in [0.05, 0.1) is 12.3 Å². The SMILES string of the molecule is O=C(NCC(c1ccco1)N1CCCCC1)C1CCN(C(=O)Nc2ccccc2)CC1. The molecule has 7 nitrogen and oxygen atoms in total. The van der Waals surface area contributed by atoms with Crippen LogP contribution in [0, 0.1) is 5.92 Å². The Hall–Kier alpha value is -2.80. The molecule has 3 amide bonds. The summed E-state index contributed by atoms with van der Waals surface area (Å²) in [5.41, 5.74) is 0.786. The molecule has 0 aliphatic carbocycles. The smallest absolute Gasteiger partial charge is 0.321 e. The molecule has 1 atom stereocenters. The molecular weight excluding hydrogens is 392 g/mol. The average molecular weight is 425 g/mol. The van der Waals surface area contributed by atoms with E-state index < -0.39 is 0 Å². The number of nitrogens with one attached hydrogen (secondary N) is 2. The lowest BCUT2D eigenvalue weighted by atomic mass is 9.96. The lowest BCUT2D eigenvalue weighted by Gasteiger charge is -2.34. The van der Waals surface area contributed by atoms with Crippen molar-refractivity contribution in [3.05, 3.63) is 54.5 Å². The van der Waals surface area contributed by atoms with Crippen LogP contribution in [0.2, 0.25) is 0 Å². The van der Waals surface area contributed by atoms with E-state index in [9.17, 15) is 9.59 Å². The third-order valence-electron chi connectivity index (χ3n) is 6.35. The van der Waals surface area contributed by atoms with E-state index in [0.29, 0.717) is 32.5 Å². The molecule has 1 aromatic carbocycles. The van der Waals surface area contributed by atoms with E-state index in [4.69, 9.17) is 4.42 Å². The van der Waals surface area contributed by atoms with Crippen molar-refractivity contribution in [3.63, 3.8) is 0 Å². The van der Waals surface area contributed by atoms with E-state index in [1.165, 1.54) is 19.3 Å². The average Bonchev–Trinajstić information content (AvgIpc) is 3.35. The minimum atomic E-state index is -0.104. The maximum Gasteiger partial charge on any atom is 0.321 e. The highest BCUT2D eigenvalue weighted by atomic mass is 16.3. The van der Waals surface area contributed by atoms with Gasteiger partial charge >= 0.3 is 6.03 Å². The Morgan fingerprint density at radius 2 is 1.71 bits per heavy atom. The van der Waals surface area contributed by atoms with Gasteiger partial charge in [-0.2, -0.15) is 0 Å². The highest BCUT2D eigenvalue weighted by Crippen LogP contribution is 2.25. The zero-order valence-corrected chi connectivity index (χ0v) is 18.0. The van der Waals surface area contributed by atoms with Crippen LogP contribution in [0.5, 0.6) is 0 Å². The fourth-order valence-corrected chi connectivity index (χ4v) is 4.53. The summed E-state index contributed by atoms with van der Waals surface area (Å²) < 4.78 is 5.67. The van der Waals surface area contributed by atoms with Crippen molar-refractivity contribution in [1.82, 2.24) is 15.1 Å². The number of amides is 3. The number of urea groups is 1. The molecule has 1 aromatic heterocycles. The minimum absolute atomic E-state index is 0.0561. The first-order valence-electron chi connectivity index (χ1n) is 11.4. The van der Waals surface area contributed by atoms with Gasteiger partial charge in [0.2, 0.25) is 5.91 Å². The Balaban J connectivity index is 1.26. The number of piperidine rings is 2. The Bertz CT molecular complexity index is 826. The monoisotopic (exact) mass is 424 g/mol. The van der Waals surface area contributed by atoms with E-state index >= 15 is 0 Å². The summed E-state index contributed by atoms with van der Waals surface area (Å²) in [6, 6.07) is 13.3. The molecule has 2 aliphatic rings. The van der Waals surface area contributed by atoms with E-state index in [1.54, 1.807) is 11.2 Å². The number of nitrogens with zero attached hydrogens (tertiary/aromatic N) is 2. The predicted molar refractivity (Wildman–Crippen MR) is 120 cm³/mol. The van der Waals surface area contributed by atoms with Crippen molar-refractivity contribution in [2.75, 3.05) is 38.0 Å². The summed E-state index contributed by atoms with van der Waals surface area (Å²) in [6.45, 7) is 3.81. The largest absolute Gasteiger partial charge is 0.468 e. The summed E-state index contributed by atoms with van der Waals surface area (Å²) in [4.78, 5) is 29.5. The standard InChI is InChI=1S/C24H32N4O3/c29-23(25-18-21(22-10-7-17-31-22)27-13-5-2-6-14-27)19-11-15-28(16-12-19)24(30)26-20-8-3-1-4-9-20/h1,3-4,7-10,17,19,21H,2,5-6,11-16,18H2,(H,25,29)(H,26,30). The lowest BCUT2D eigenvalue weighted by Crippen LogP contribution is -2.46. The Morgan fingerprint density at radius 3 is 2.39 bits per heavy atom. The molecule has 0 saturated carbocycles. The molecule has 166 valence electrons. The molecule has 2 aromatic rings. The van der Waals surface area contributed by atoms with Crippen LogP contribution in [0.1, 0.15) is 43.9 Å². The number of hydrogen-bond donors (Lipinski definition) is 2. The molecule has 2 N–H and O–H groups in total. The lowest BCUT2D eigenvalue weighted by molar-refractivity contribution is -0.126. The van der Waals surface area contributed by atoms with Crippen molar-refractivity contribution in [2.24, 2.45) is 5.92 Å². The van der Waals surface area contributed by atoms with Crippen molar-refractivity contribution >= 4 is 17.6 Å². The van der Waals surface area contributed by atoms with Gasteiger partial charge < -0.3 is 20.0 Å². The molecule has 3 heterocycles. The molecule has 0 radical (unpaired) electrons. The first kappa shape index (κ1) is 21.4. The van der Waals surface area contributed by atoms with Gasteiger partial charge in [0, 0.05) is 31.2 Å². The van der Waals surface area contributed by atoms with Crippen LogP contribution < -0.4 is 10.6 Å². The van der Waals surface area contributed by atoms with Crippen molar-refractivity contribution in [3.8, 4) is 0 Å². The third kappa shape index (κ3) is 5.67. The highest BCUT2D eigenvalue weighted by molar-refractivity contribution is 5.89. The minimum Gasteiger partial charge on any atom is -0.468 e. The summed E-state index contributed by atoms with van der Waals surface area (Å²) in [5.74, 6) is 0.936. The first-order valence-corrected chi connectivity index (χ1v) is 11.4. The second kappa shape index (κ2) is 10.5. The Morgan fingerprint density at radius 1 is 0.968 bits per heavy atom. The second-order valence-electron chi connectivity index (χ2n) is 8.43. The zero-order valence-electron chi connectivity index (χ0n) is 18.0. The molecule has 1 unspecified atom stereocenters. The third-order valence-corrected chi connectivity index (χ3v) is 6.35. The van der Waals surface area contributed by atoms with Crippen LogP contribution in [0.25, 0.3) is 0 Å². The molecule has 2 aliphatic heterocycles. The Labute approximate surface area is 183 Å². The summed E-state index contributed by atoms with van der Waals surface area (Å²) in [5, 5.41) is 6.08.